The van der Waals surface area contributed by atoms with Crippen molar-refractivity contribution < 1.29 is 5.11 Å². The number of aromatic amines is 1. The Balaban J connectivity index is 2.48. The molecule has 1 aliphatic rings. The molecule has 1 aromatic heterocycles. The maximum absolute atomic E-state index is 9.16. The molecule has 0 amide bonds. The Bertz CT molecular complexity index is 372. The first kappa shape index (κ1) is 9.86. The molecule has 0 bridgehead atoms. The Morgan fingerprint density at radius 1 is 1.64 bits per heavy atom. The molecule has 1 saturated carbocycles. The van der Waals surface area contributed by atoms with Crippen LogP contribution in [-0.4, -0.2) is 19.9 Å². The van der Waals surface area contributed by atoms with Gasteiger partial charge in [-0.05, 0) is 37.9 Å². The highest BCUT2D eigenvalue weighted by Gasteiger charge is 2.39. The molecule has 2 N–H and O–H groups in total. The molecule has 0 radical (unpaired) electrons. The van der Waals surface area contributed by atoms with Gasteiger partial charge in [0.05, 0.1) is 0 Å². The van der Waals surface area contributed by atoms with Gasteiger partial charge in [0.2, 0.25) is 0 Å². The minimum Gasteiger partial charge on any atom is -0.388 e. The Labute approximate surface area is 88.0 Å². The standard InChI is InChI=1S/C9H15N3OS/c1-2-9(4-3-5-9)12-7(6-13)10-11-8(12)14/h13H,2-6H2,1H3,(H,11,14). The van der Waals surface area contributed by atoms with E-state index in [0.717, 1.165) is 19.3 Å². The fourth-order valence-corrected chi connectivity index (χ4v) is 2.59. The summed E-state index contributed by atoms with van der Waals surface area (Å²) < 4.78 is 2.64. The van der Waals surface area contributed by atoms with Crippen molar-refractivity contribution in [3.05, 3.63) is 10.6 Å². The number of rotatable bonds is 3. The topological polar surface area (TPSA) is 53.8 Å². The van der Waals surface area contributed by atoms with Crippen molar-refractivity contribution in [1.82, 2.24) is 14.8 Å². The van der Waals surface area contributed by atoms with E-state index >= 15 is 0 Å². The monoisotopic (exact) mass is 213 g/mol. The van der Waals surface area contributed by atoms with Gasteiger partial charge in [-0.2, -0.15) is 5.10 Å². The summed E-state index contributed by atoms with van der Waals surface area (Å²) in [5.74, 6) is 0.663. The minimum atomic E-state index is -0.0467. The van der Waals surface area contributed by atoms with E-state index in [1.54, 1.807) is 0 Å². The second-order valence-corrected chi connectivity index (χ2v) is 4.26. The van der Waals surface area contributed by atoms with E-state index in [1.807, 2.05) is 4.57 Å². The van der Waals surface area contributed by atoms with Crippen molar-refractivity contribution in [3.63, 3.8) is 0 Å². The van der Waals surface area contributed by atoms with Crippen LogP contribution in [0.4, 0.5) is 0 Å². The minimum absolute atomic E-state index is 0.0467. The molecule has 0 aromatic carbocycles. The van der Waals surface area contributed by atoms with Gasteiger partial charge in [0.25, 0.3) is 0 Å². The third-order valence-corrected chi connectivity index (χ3v) is 3.57. The predicted molar refractivity (Wildman–Crippen MR) is 55.5 cm³/mol. The van der Waals surface area contributed by atoms with Crippen LogP contribution in [0.5, 0.6) is 0 Å². The van der Waals surface area contributed by atoms with Crippen LogP contribution in [0.2, 0.25) is 0 Å². The lowest BCUT2D eigenvalue weighted by Crippen LogP contribution is -2.41. The SMILES string of the molecule is CCC1(n2c(CO)n[nH]c2=S)CCC1. The fraction of sp³-hybridized carbons (Fsp3) is 0.778. The lowest BCUT2D eigenvalue weighted by Gasteiger charge is -2.42. The number of H-pyrrole nitrogens is 1. The Kier molecular flexibility index (Phi) is 2.45. The molecular weight excluding hydrogens is 198 g/mol. The normalized spacial score (nSPS) is 19.3. The molecule has 78 valence electrons. The smallest absolute Gasteiger partial charge is 0.195 e. The van der Waals surface area contributed by atoms with Gasteiger partial charge >= 0.3 is 0 Å². The molecule has 0 atom stereocenters. The summed E-state index contributed by atoms with van der Waals surface area (Å²) in [7, 11) is 0. The second kappa shape index (κ2) is 3.47. The van der Waals surface area contributed by atoms with Crippen molar-refractivity contribution in [3.8, 4) is 0 Å². The van der Waals surface area contributed by atoms with E-state index in [2.05, 4.69) is 17.1 Å². The first-order chi connectivity index (χ1) is 6.73. The lowest BCUT2D eigenvalue weighted by atomic mass is 9.74. The fourth-order valence-electron chi connectivity index (χ4n) is 2.24. The summed E-state index contributed by atoms with van der Waals surface area (Å²) in [6.45, 7) is 2.12. The van der Waals surface area contributed by atoms with Gasteiger partial charge in [-0.15, -0.1) is 0 Å². The first-order valence-corrected chi connectivity index (χ1v) is 5.42. The number of hydrogen-bond acceptors (Lipinski definition) is 3. The van der Waals surface area contributed by atoms with Crippen molar-refractivity contribution in [1.29, 1.82) is 0 Å². The van der Waals surface area contributed by atoms with Crippen LogP contribution in [0.3, 0.4) is 0 Å². The molecule has 0 aliphatic heterocycles. The summed E-state index contributed by atoms with van der Waals surface area (Å²) in [5.41, 5.74) is 0.127. The first-order valence-electron chi connectivity index (χ1n) is 5.01. The van der Waals surface area contributed by atoms with E-state index in [-0.39, 0.29) is 12.1 Å². The molecule has 2 rings (SSSR count). The quantitative estimate of drug-likeness (QED) is 0.752. The third-order valence-electron chi connectivity index (χ3n) is 3.30. The highest BCUT2D eigenvalue weighted by atomic mass is 32.1. The zero-order valence-electron chi connectivity index (χ0n) is 8.29. The molecule has 1 aromatic rings. The number of aliphatic hydroxyl groups excluding tert-OH is 1. The number of nitrogens with zero attached hydrogens (tertiary/aromatic N) is 2. The number of nitrogens with one attached hydrogen (secondary N) is 1. The third kappa shape index (κ3) is 1.23. The number of aromatic nitrogens is 3. The van der Waals surface area contributed by atoms with Gasteiger partial charge in [-0.3, -0.25) is 9.67 Å². The summed E-state index contributed by atoms with van der Waals surface area (Å²) in [6.07, 6.45) is 4.58. The average molecular weight is 213 g/mol. The van der Waals surface area contributed by atoms with Gasteiger partial charge in [0.15, 0.2) is 10.6 Å². The van der Waals surface area contributed by atoms with Gasteiger partial charge in [0, 0.05) is 5.54 Å². The molecule has 0 spiro atoms. The van der Waals surface area contributed by atoms with Crippen LogP contribution < -0.4 is 0 Å². The van der Waals surface area contributed by atoms with Crippen molar-refractivity contribution in [2.45, 2.75) is 44.8 Å². The van der Waals surface area contributed by atoms with Crippen molar-refractivity contribution in [2.75, 3.05) is 0 Å². The molecule has 14 heavy (non-hydrogen) atoms. The summed E-state index contributed by atoms with van der Waals surface area (Å²) in [4.78, 5) is 0. The lowest BCUT2D eigenvalue weighted by molar-refractivity contribution is 0.120. The summed E-state index contributed by atoms with van der Waals surface area (Å²) in [6, 6.07) is 0. The predicted octanol–water partition coefficient (Wildman–Crippen LogP) is 1.72. The van der Waals surface area contributed by atoms with Crippen LogP contribution in [0, 0.1) is 4.77 Å². The largest absolute Gasteiger partial charge is 0.388 e. The van der Waals surface area contributed by atoms with E-state index in [4.69, 9.17) is 17.3 Å². The van der Waals surface area contributed by atoms with Gasteiger partial charge in [-0.25, -0.2) is 0 Å². The molecule has 0 saturated heterocycles. The van der Waals surface area contributed by atoms with E-state index < -0.39 is 0 Å². The number of hydrogen-bond donors (Lipinski definition) is 2. The van der Waals surface area contributed by atoms with Crippen LogP contribution in [-0.2, 0) is 12.1 Å². The molecule has 5 heteroatoms. The number of aliphatic hydroxyl groups is 1. The average Bonchev–Trinajstić information content (AvgIpc) is 2.48. The second-order valence-electron chi connectivity index (χ2n) is 3.87. The maximum atomic E-state index is 9.16. The Hall–Kier alpha value is -0.680. The highest BCUT2D eigenvalue weighted by Crippen LogP contribution is 2.42. The maximum Gasteiger partial charge on any atom is 0.195 e. The molecular formula is C9H15N3OS. The summed E-state index contributed by atoms with van der Waals surface area (Å²) in [5, 5.41) is 15.9. The molecule has 1 aliphatic carbocycles. The summed E-state index contributed by atoms with van der Waals surface area (Å²) >= 11 is 5.19. The molecule has 0 unspecified atom stereocenters. The van der Waals surface area contributed by atoms with Crippen LogP contribution in [0.15, 0.2) is 0 Å². The molecule has 1 heterocycles. The van der Waals surface area contributed by atoms with Crippen LogP contribution >= 0.6 is 12.2 Å². The van der Waals surface area contributed by atoms with Crippen LogP contribution in [0.1, 0.15) is 38.4 Å². The Morgan fingerprint density at radius 2 is 2.36 bits per heavy atom. The van der Waals surface area contributed by atoms with Crippen molar-refractivity contribution in [2.24, 2.45) is 0 Å². The van der Waals surface area contributed by atoms with E-state index in [9.17, 15) is 0 Å². The van der Waals surface area contributed by atoms with Crippen molar-refractivity contribution >= 4 is 12.2 Å². The van der Waals surface area contributed by atoms with E-state index in [1.165, 1.54) is 6.42 Å². The van der Waals surface area contributed by atoms with Gasteiger partial charge in [0.1, 0.15) is 6.61 Å². The Morgan fingerprint density at radius 3 is 2.79 bits per heavy atom. The zero-order valence-corrected chi connectivity index (χ0v) is 9.10. The highest BCUT2D eigenvalue weighted by molar-refractivity contribution is 7.71. The molecule has 4 nitrogen and oxygen atoms in total. The molecule has 1 fully saturated rings. The van der Waals surface area contributed by atoms with Gasteiger partial charge < -0.3 is 5.11 Å². The zero-order chi connectivity index (χ0) is 10.2. The van der Waals surface area contributed by atoms with Crippen LogP contribution in [0.25, 0.3) is 0 Å². The van der Waals surface area contributed by atoms with E-state index in [0.29, 0.717) is 10.6 Å². The van der Waals surface area contributed by atoms with Gasteiger partial charge in [-0.1, -0.05) is 6.92 Å².